The van der Waals surface area contributed by atoms with E-state index in [9.17, 15) is 14.6 Å². The van der Waals surface area contributed by atoms with Gasteiger partial charge in [-0.15, -0.1) is 34.0 Å². The molecule has 1 aliphatic rings. The second kappa shape index (κ2) is 13.9. The van der Waals surface area contributed by atoms with Crippen LogP contribution in [0.4, 0.5) is 4.39 Å². The lowest BCUT2D eigenvalue weighted by Crippen LogP contribution is -2.36. The Balaban J connectivity index is 0.00000160. The van der Waals surface area contributed by atoms with E-state index in [0.29, 0.717) is 18.2 Å². The number of aromatic hydroxyl groups is 2. The maximum absolute atomic E-state index is 13.4. The molecular weight excluding hydrogens is 605 g/mol. The van der Waals surface area contributed by atoms with Crippen LogP contribution in [0, 0.1) is 11.7 Å². The Morgan fingerprint density at radius 2 is 1.46 bits per heavy atom. The van der Waals surface area contributed by atoms with Crippen molar-refractivity contribution in [1.82, 2.24) is 14.5 Å². The summed E-state index contributed by atoms with van der Waals surface area (Å²) in [6.45, 7) is 3.80. The van der Waals surface area contributed by atoms with Crippen LogP contribution >= 0.6 is 34.0 Å². The standard InChI is InChI=1S/C28H30FN3O2.2BrH.H2O/c29-23-5-1-22(2-6-23)19-32-27-10-9-25(34)18-26(27)30-28(32)17-21-12-15-31(16-13-21)14-11-20-3-7-24(33)8-4-20;;;/h1-10,18,21,33-34H,11-17,19H2;2*1H;1H2. The second-order valence-corrected chi connectivity index (χ2v) is 9.32. The van der Waals surface area contributed by atoms with Crippen molar-refractivity contribution in [3.05, 3.63) is 89.5 Å². The van der Waals surface area contributed by atoms with Gasteiger partial charge in [0.05, 0.1) is 11.0 Å². The number of halogens is 3. The van der Waals surface area contributed by atoms with Crippen molar-refractivity contribution in [2.75, 3.05) is 19.6 Å². The van der Waals surface area contributed by atoms with Crippen molar-refractivity contribution in [3.63, 3.8) is 0 Å². The number of imidazole rings is 1. The van der Waals surface area contributed by atoms with Gasteiger partial charge in [0.1, 0.15) is 23.1 Å². The number of likely N-dealkylation sites (tertiary alicyclic amines) is 1. The first-order chi connectivity index (χ1) is 16.5. The lowest BCUT2D eigenvalue weighted by molar-refractivity contribution is 0.184. The fourth-order valence-electron chi connectivity index (χ4n) is 4.89. The highest BCUT2D eigenvalue weighted by molar-refractivity contribution is 8.93. The summed E-state index contributed by atoms with van der Waals surface area (Å²) in [6, 6.07) is 19.4. The highest BCUT2D eigenvalue weighted by Gasteiger charge is 2.22. The topological polar surface area (TPSA) is 93.0 Å². The molecule has 3 aromatic carbocycles. The summed E-state index contributed by atoms with van der Waals surface area (Å²) >= 11 is 0. The van der Waals surface area contributed by atoms with E-state index < -0.39 is 0 Å². The van der Waals surface area contributed by atoms with Crippen LogP contribution in [0.1, 0.15) is 29.8 Å². The highest BCUT2D eigenvalue weighted by atomic mass is 79.9. The van der Waals surface area contributed by atoms with Crippen molar-refractivity contribution in [1.29, 1.82) is 0 Å². The van der Waals surface area contributed by atoms with Crippen LogP contribution in [0.25, 0.3) is 11.0 Å². The molecule has 200 valence electrons. The van der Waals surface area contributed by atoms with E-state index in [0.717, 1.165) is 67.7 Å². The SMILES string of the molecule is Br.Br.O.Oc1ccc(CCN2CCC(Cc3nc4cc(O)ccc4n3Cc3ccc(F)cc3)CC2)cc1. The molecular formula is C28H34Br2FN3O3. The number of rotatable bonds is 7. The lowest BCUT2D eigenvalue weighted by atomic mass is 9.93. The quantitative estimate of drug-likeness (QED) is 0.281. The Bertz CT molecular complexity index is 1260. The molecule has 1 fully saturated rings. The van der Waals surface area contributed by atoms with Gasteiger partial charge in [-0.3, -0.25) is 0 Å². The Morgan fingerprint density at radius 1 is 0.838 bits per heavy atom. The van der Waals surface area contributed by atoms with Gasteiger partial charge >= 0.3 is 0 Å². The fourth-order valence-corrected chi connectivity index (χ4v) is 4.89. The van der Waals surface area contributed by atoms with Gasteiger partial charge in [-0.25, -0.2) is 9.37 Å². The maximum atomic E-state index is 13.4. The third kappa shape index (κ3) is 7.77. The summed E-state index contributed by atoms with van der Waals surface area (Å²) in [7, 11) is 0. The van der Waals surface area contributed by atoms with Crippen LogP contribution in [0.5, 0.6) is 11.5 Å². The van der Waals surface area contributed by atoms with Gasteiger partial charge < -0.3 is 25.2 Å². The third-order valence-corrected chi connectivity index (χ3v) is 6.90. The van der Waals surface area contributed by atoms with E-state index in [-0.39, 0.29) is 51.0 Å². The van der Waals surface area contributed by atoms with Gasteiger partial charge in [0.2, 0.25) is 0 Å². The van der Waals surface area contributed by atoms with E-state index >= 15 is 0 Å². The molecule has 4 N–H and O–H groups in total. The van der Waals surface area contributed by atoms with Crippen molar-refractivity contribution in [3.8, 4) is 11.5 Å². The smallest absolute Gasteiger partial charge is 0.123 e. The van der Waals surface area contributed by atoms with Gasteiger partial charge in [-0.1, -0.05) is 24.3 Å². The zero-order valence-corrected chi connectivity index (χ0v) is 23.9. The minimum absolute atomic E-state index is 0. The molecule has 0 unspecified atom stereocenters. The summed E-state index contributed by atoms with van der Waals surface area (Å²) in [5.74, 6) is 1.87. The molecule has 37 heavy (non-hydrogen) atoms. The second-order valence-electron chi connectivity index (χ2n) is 9.32. The number of hydrogen-bond donors (Lipinski definition) is 2. The number of aromatic nitrogens is 2. The number of piperidine rings is 1. The molecule has 0 atom stereocenters. The van der Waals surface area contributed by atoms with Gasteiger partial charge in [0.15, 0.2) is 0 Å². The number of hydrogen-bond acceptors (Lipinski definition) is 4. The molecule has 6 nitrogen and oxygen atoms in total. The molecule has 0 amide bonds. The molecule has 1 aromatic heterocycles. The van der Waals surface area contributed by atoms with Crippen LogP contribution in [-0.2, 0) is 19.4 Å². The summed E-state index contributed by atoms with van der Waals surface area (Å²) in [6.07, 6.45) is 4.13. The first kappa shape index (κ1) is 30.8. The molecule has 1 saturated heterocycles. The van der Waals surface area contributed by atoms with Crippen molar-refractivity contribution in [2.24, 2.45) is 5.92 Å². The van der Waals surface area contributed by atoms with E-state index in [4.69, 9.17) is 4.98 Å². The molecule has 5 rings (SSSR count). The van der Waals surface area contributed by atoms with Crippen LogP contribution in [0.15, 0.2) is 66.7 Å². The summed E-state index contributed by atoms with van der Waals surface area (Å²) < 4.78 is 15.6. The summed E-state index contributed by atoms with van der Waals surface area (Å²) in [5.41, 5.74) is 4.06. The molecule has 0 bridgehead atoms. The number of phenols is 2. The zero-order valence-electron chi connectivity index (χ0n) is 20.5. The zero-order chi connectivity index (χ0) is 23.5. The Morgan fingerprint density at radius 3 is 2.14 bits per heavy atom. The molecule has 4 aromatic rings. The molecule has 0 spiro atoms. The Kier molecular flexibility index (Phi) is 11.6. The minimum atomic E-state index is -0.235. The van der Waals surface area contributed by atoms with Gasteiger partial charge in [0.25, 0.3) is 0 Å². The van der Waals surface area contributed by atoms with Crippen molar-refractivity contribution in [2.45, 2.75) is 32.2 Å². The monoisotopic (exact) mass is 637 g/mol. The number of nitrogens with zero attached hydrogens (tertiary/aromatic N) is 3. The van der Waals surface area contributed by atoms with Gasteiger partial charge in [-0.2, -0.15) is 0 Å². The van der Waals surface area contributed by atoms with Gasteiger partial charge in [-0.05, 0) is 85.8 Å². The summed E-state index contributed by atoms with van der Waals surface area (Å²) in [5, 5.41) is 19.4. The Hall–Kier alpha value is -2.46. The molecule has 9 heteroatoms. The van der Waals surface area contributed by atoms with E-state index in [1.165, 1.54) is 17.7 Å². The molecule has 0 saturated carbocycles. The lowest BCUT2D eigenvalue weighted by Gasteiger charge is -2.32. The molecule has 1 aliphatic heterocycles. The third-order valence-electron chi connectivity index (χ3n) is 6.90. The van der Waals surface area contributed by atoms with E-state index in [1.807, 2.05) is 30.3 Å². The maximum Gasteiger partial charge on any atom is 0.123 e. The van der Waals surface area contributed by atoms with Crippen LogP contribution < -0.4 is 0 Å². The molecule has 0 radical (unpaired) electrons. The van der Waals surface area contributed by atoms with Crippen molar-refractivity contribution >= 4 is 45.0 Å². The average molecular weight is 639 g/mol. The number of fused-ring (bicyclic) bond motifs is 1. The van der Waals surface area contributed by atoms with E-state index in [1.54, 1.807) is 24.3 Å². The van der Waals surface area contributed by atoms with Crippen LogP contribution in [0.3, 0.4) is 0 Å². The first-order valence-corrected chi connectivity index (χ1v) is 12.0. The highest BCUT2D eigenvalue weighted by Crippen LogP contribution is 2.27. The Labute approximate surface area is 237 Å². The van der Waals surface area contributed by atoms with Gasteiger partial charge in [0, 0.05) is 25.6 Å². The molecule has 2 heterocycles. The summed E-state index contributed by atoms with van der Waals surface area (Å²) in [4.78, 5) is 7.40. The number of benzene rings is 3. The van der Waals surface area contributed by atoms with Crippen LogP contribution in [0.2, 0.25) is 0 Å². The normalized spacial score (nSPS) is 14.0. The predicted octanol–water partition coefficient (Wildman–Crippen LogP) is 5.46. The first-order valence-electron chi connectivity index (χ1n) is 12.0. The van der Waals surface area contributed by atoms with E-state index in [2.05, 4.69) is 9.47 Å². The average Bonchev–Trinajstić information content (AvgIpc) is 3.16. The molecule has 0 aliphatic carbocycles. The predicted molar refractivity (Wildman–Crippen MR) is 156 cm³/mol. The fraction of sp³-hybridized carbons (Fsp3) is 0.321. The van der Waals surface area contributed by atoms with Crippen LogP contribution in [-0.4, -0.2) is 49.8 Å². The largest absolute Gasteiger partial charge is 0.508 e. The number of phenolic OH excluding ortho intramolecular Hbond substituents is 2. The van der Waals surface area contributed by atoms with Crippen molar-refractivity contribution < 1.29 is 20.1 Å². The minimum Gasteiger partial charge on any atom is -0.508 e.